The number of ether oxygens (including phenoxy) is 1. The van der Waals surface area contributed by atoms with Crippen LogP contribution in [-0.2, 0) is 27.8 Å². The van der Waals surface area contributed by atoms with Crippen molar-refractivity contribution in [3.63, 3.8) is 0 Å². The van der Waals surface area contributed by atoms with Crippen molar-refractivity contribution in [2.75, 3.05) is 6.61 Å². The predicted octanol–water partition coefficient (Wildman–Crippen LogP) is 1.44. The maximum atomic E-state index is 12.4. The van der Waals surface area contributed by atoms with Crippen molar-refractivity contribution < 1.29 is 22.7 Å². The van der Waals surface area contributed by atoms with Crippen LogP contribution in [-0.4, -0.2) is 26.8 Å². The summed E-state index contributed by atoms with van der Waals surface area (Å²) in [5, 5.41) is 2.59. The summed E-state index contributed by atoms with van der Waals surface area (Å²) in [4.78, 5) is 23.9. The van der Waals surface area contributed by atoms with Crippen molar-refractivity contribution in [3.05, 3.63) is 46.3 Å². The molecule has 1 aromatic heterocycles. The standard InChI is InChI=1S/C16H16N2O5S2/c1-10(19)17-9-13-3-5-15(24-13)25(21,22)18-16(20)12-2-4-14-11(8-12)6-7-23-14/h2-5,8H,6-7,9H2,1H3,(H,17,19)(H,18,20). The molecule has 2 N–H and O–H groups in total. The lowest BCUT2D eigenvalue weighted by molar-refractivity contribution is -0.119. The third kappa shape index (κ3) is 3.99. The van der Waals surface area contributed by atoms with Gasteiger partial charge in [0.25, 0.3) is 15.9 Å². The van der Waals surface area contributed by atoms with E-state index in [2.05, 4.69) is 10.0 Å². The van der Waals surface area contributed by atoms with E-state index >= 15 is 0 Å². The van der Waals surface area contributed by atoms with Gasteiger partial charge >= 0.3 is 0 Å². The molecule has 1 aliphatic heterocycles. The Hall–Kier alpha value is -2.39. The number of nitrogens with one attached hydrogen (secondary N) is 2. The molecule has 0 saturated heterocycles. The molecule has 7 nitrogen and oxygen atoms in total. The zero-order chi connectivity index (χ0) is 18.0. The number of hydrogen-bond donors (Lipinski definition) is 2. The lowest BCUT2D eigenvalue weighted by Crippen LogP contribution is -2.30. The summed E-state index contributed by atoms with van der Waals surface area (Å²) in [5.74, 6) is -0.168. The summed E-state index contributed by atoms with van der Waals surface area (Å²) in [6.45, 7) is 2.19. The molecule has 0 spiro atoms. The smallest absolute Gasteiger partial charge is 0.273 e. The summed E-state index contributed by atoms with van der Waals surface area (Å²) in [6, 6.07) is 7.86. The van der Waals surface area contributed by atoms with Crippen molar-refractivity contribution in [1.82, 2.24) is 10.0 Å². The van der Waals surface area contributed by atoms with Gasteiger partial charge in [-0.1, -0.05) is 0 Å². The van der Waals surface area contributed by atoms with Crippen molar-refractivity contribution in [1.29, 1.82) is 0 Å². The average Bonchev–Trinajstić information content (AvgIpc) is 3.21. The largest absolute Gasteiger partial charge is 0.493 e. The van der Waals surface area contributed by atoms with E-state index in [4.69, 9.17) is 4.74 Å². The highest BCUT2D eigenvalue weighted by Crippen LogP contribution is 2.26. The average molecular weight is 380 g/mol. The summed E-state index contributed by atoms with van der Waals surface area (Å²) in [7, 11) is -3.96. The number of amides is 2. The first-order valence-corrected chi connectivity index (χ1v) is 9.81. The zero-order valence-electron chi connectivity index (χ0n) is 13.4. The fraction of sp³-hybridized carbons (Fsp3) is 0.250. The van der Waals surface area contributed by atoms with Crippen LogP contribution < -0.4 is 14.8 Å². The van der Waals surface area contributed by atoms with Crippen LogP contribution in [0.4, 0.5) is 0 Å². The van der Waals surface area contributed by atoms with Gasteiger partial charge in [-0.25, -0.2) is 13.1 Å². The monoisotopic (exact) mass is 380 g/mol. The third-order valence-corrected chi connectivity index (χ3v) is 6.50. The Labute approximate surface area is 149 Å². The highest BCUT2D eigenvalue weighted by molar-refractivity contribution is 7.92. The minimum atomic E-state index is -3.96. The summed E-state index contributed by atoms with van der Waals surface area (Å²) in [5.41, 5.74) is 1.15. The van der Waals surface area contributed by atoms with E-state index < -0.39 is 15.9 Å². The van der Waals surface area contributed by atoms with Crippen LogP contribution in [0.15, 0.2) is 34.5 Å². The van der Waals surface area contributed by atoms with Crippen LogP contribution in [0.3, 0.4) is 0 Å². The van der Waals surface area contributed by atoms with Crippen LogP contribution in [0.25, 0.3) is 0 Å². The molecule has 0 fully saturated rings. The first kappa shape index (κ1) is 17.4. The first-order chi connectivity index (χ1) is 11.8. The number of carbonyl (C=O) groups excluding carboxylic acids is 2. The molecule has 0 radical (unpaired) electrons. The van der Waals surface area contributed by atoms with Gasteiger partial charge in [-0.05, 0) is 35.9 Å². The summed E-state index contributed by atoms with van der Waals surface area (Å²) in [6.07, 6.45) is 0.695. The molecule has 9 heteroatoms. The van der Waals surface area contributed by atoms with E-state index in [0.717, 1.165) is 22.6 Å². The molecular weight excluding hydrogens is 364 g/mol. The Balaban J connectivity index is 1.72. The molecule has 2 amide bonds. The van der Waals surface area contributed by atoms with Crippen molar-refractivity contribution in [3.8, 4) is 5.75 Å². The van der Waals surface area contributed by atoms with Crippen LogP contribution in [0, 0.1) is 0 Å². The first-order valence-electron chi connectivity index (χ1n) is 7.51. The fourth-order valence-electron chi connectivity index (χ4n) is 2.37. The molecule has 132 valence electrons. The normalized spacial score (nSPS) is 13.0. The van der Waals surface area contributed by atoms with E-state index in [1.807, 2.05) is 0 Å². The third-order valence-electron chi connectivity index (χ3n) is 3.59. The molecule has 0 aliphatic carbocycles. The molecule has 2 aromatic rings. The molecule has 1 aliphatic rings. The van der Waals surface area contributed by atoms with Gasteiger partial charge < -0.3 is 10.1 Å². The topological polar surface area (TPSA) is 102 Å². The number of fused-ring (bicyclic) bond motifs is 1. The van der Waals surface area contributed by atoms with Gasteiger partial charge in [0.1, 0.15) is 9.96 Å². The molecular formula is C16H16N2O5S2. The number of carbonyl (C=O) groups is 2. The molecule has 3 rings (SSSR count). The maximum absolute atomic E-state index is 12.4. The Morgan fingerprint density at radius 2 is 2.04 bits per heavy atom. The number of benzene rings is 1. The Morgan fingerprint density at radius 3 is 2.80 bits per heavy atom. The van der Waals surface area contributed by atoms with Gasteiger partial charge in [0.15, 0.2) is 0 Å². The van der Waals surface area contributed by atoms with Crippen LogP contribution in [0.1, 0.15) is 27.7 Å². The van der Waals surface area contributed by atoms with Gasteiger partial charge in [-0.15, -0.1) is 11.3 Å². The quantitative estimate of drug-likeness (QED) is 0.817. The second-order valence-electron chi connectivity index (χ2n) is 5.49. The molecule has 25 heavy (non-hydrogen) atoms. The van der Waals surface area contributed by atoms with Crippen molar-refractivity contribution in [2.24, 2.45) is 0 Å². The van der Waals surface area contributed by atoms with Gasteiger partial charge in [0.05, 0.1) is 13.2 Å². The molecule has 0 bridgehead atoms. The van der Waals surface area contributed by atoms with Gasteiger partial charge in [0, 0.05) is 23.8 Å². The predicted molar refractivity (Wildman–Crippen MR) is 92.1 cm³/mol. The summed E-state index contributed by atoms with van der Waals surface area (Å²) >= 11 is 1.00. The second-order valence-corrected chi connectivity index (χ2v) is 8.56. The van der Waals surface area contributed by atoms with Crippen molar-refractivity contribution >= 4 is 33.2 Å². The second kappa shape index (κ2) is 6.85. The zero-order valence-corrected chi connectivity index (χ0v) is 15.0. The van der Waals surface area contributed by atoms with Crippen molar-refractivity contribution in [2.45, 2.75) is 24.1 Å². The molecule has 0 unspecified atom stereocenters. The summed E-state index contributed by atoms with van der Waals surface area (Å²) < 4.78 is 32.2. The van der Waals surface area contributed by atoms with Gasteiger partial charge in [-0.3, -0.25) is 9.59 Å². The van der Waals surface area contributed by atoms with Crippen LogP contribution >= 0.6 is 11.3 Å². The highest BCUT2D eigenvalue weighted by Gasteiger charge is 2.22. The Bertz CT molecular complexity index is 934. The number of sulfonamides is 1. The fourth-order valence-corrected chi connectivity index (χ4v) is 4.64. The lowest BCUT2D eigenvalue weighted by Gasteiger charge is -2.06. The van der Waals surface area contributed by atoms with E-state index in [9.17, 15) is 18.0 Å². The van der Waals surface area contributed by atoms with E-state index in [1.54, 1.807) is 18.2 Å². The molecule has 2 heterocycles. The van der Waals surface area contributed by atoms with E-state index in [-0.39, 0.29) is 22.2 Å². The maximum Gasteiger partial charge on any atom is 0.273 e. The van der Waals surface area contributed by atoms with E-state index in [1.165, 1.54) is 19.1 Å². The Kier molecular flexibility index (Phi) is 4.78. The highest BCUT2D eigenvalue weighted by atomic mass is 32.2. The number of rotatable bonds is 5. The molecule has 0 atom stereocenters. The van der Waals surface area contributed by atoms with Gasteiger partial charge in [0.2, 0.25) is 5.91 Å². The molecule has 0 saturated carbocycles. The lowest BCUT2D eigenvalue weighted by atomic mass is 10.1. The SMILES string of the molecule is CC(=O)NCc1ccc(S(=O)(=O)NC(=O)c2ccc3c(c2)CCO3)s1. The van der Waals surface area contributed by atoms with E-state index in [0.29, 0.717) is 17.9 Å². The number of thiophene rings is 1. The number of hydrogen-bond acceptors (Lipinski definition) is 6. The minimum Gasteiger partial charge on any atom is -0.493 e. The minimum absolute atomic E-state index is 0.0192. The van der Waals surface area contributed by atoms with Gasteiger partial charge in [-0.2, -0.15) is 0 Å². The van der Waals surface area contributed by atoms with Crippen LogP contribution in [0.2, 0.25) is 0 Å². The molecule has 1 aromatic carbocycles. The van der Waals surface area contributed by atoms with Crippen LogP contribution in [0.5, 0.6) is 5.75 Å². The Morgan fingerprint density at radius 1 is 1.24 bits per heavy atom.